The first-order valence-electron chi connectivity index (χ1n) is 7.53. The lowest BCUT2D eigenvalue weighted by Gasteiger charge is -2.12. The fourth-order valence-corrected chi connectivity index (χ4v) is 4.11. The molecule has 120 valence electrons. The Hall–Kier alpha value is -2.21. The number of aryl methyl sites for hydroxylation is 1. The lowest BCUT2D eigenvalue weighted by molar-refractivity contribution is 0.0963. The van der Waals surface area contributed by atoms with Gasteiger partial charge in [0.15, 0.2) is 0 Å². The molecule has 1 aliphatic carbocycles. The Morgan fingerprint density at radius 3 is 2.70 bits per heavy atom. The van der Waals surface area contributed by atoms with E-state index in [1.54, 1.807) is 13.1 Å². The number of amides is 2. The van der Waals surface area contributed by atoms with Crippen molar-refractivity contribution in [2.45, 2.75) is 25.7 Å². The fraction of sp³-hybridized carbons (Fsp3) is 0.294. The van der Waals surface area contributed by atoms with Crippen molar-refractivity contribution in [1.82, 2.24) is 5.32 Å². The number of benzene rings is 1. The van der Waals surface area contributed by atoms with Gasteiger partial charge in [-0.3, -0.25) is 9.59 Å². The molecule has 2 amide bonds. The smallest absolute Gasteiger partial charge is 0.256 e. The average molecular weight is 332 g/mol. The first-order valence-corrected chi connectivity index (χ1v) is 8.35. The lowest BCUT2D eigenvalue weighted by atomic mass is 9.95. The van der Waals surface area contributed by atoms with E-state index in [0.29, 0.717) is 10.6 Å². The van der Waals surface area contributed by atoms with Gasteiger partial charge in [-0.25, -0.2) is 4.39 Å². The predicted octanol–water partition coefficient (Wildman–Crippen LogP) is 3.38. The van der Waals surface area contributed by atoms with Crippen LogP contribution in [0.1, 0.15) is 44.0 Å². The molecule has 2 aromatic rings. The molecule has 1 heterocycles. The van der Waals surface area contributed by atoms with Gasteiger partial charge < -0.3 is 10.6 Å². The van der Waals surface area contributed by atoms with E-state index >= 15 is 0 Å². The van der Waals surface area contributed by atoms with Gasteiger partial charge in [-0.2, -0.15) is 0 Å². The molecule has 0 spiro atoms. The summed E-state index contributed by atoms with van der Waals surface area (Å²) in [6.45, 7) is 0. The number of rotatable bonds is 3. The predicted molar refractivity (Wildman–Crippen MR) is 88.7 cm³/mol. The van der Waals surface area contributed by atoms with Gasteiger partial charge in [0.25, 0.3) is 11.8 Å². The number of thiophene rings is 1. The Balaban J connectivity index is 1.94. The number of hydrogen-bond donors (Lipinski definition) is 2. The summed E-state index contributed by atoms with van der Waals surface area (Å²) >= 11 is 1.45. The molecule has 0 fully saturated rings. The minimum Gasteiger partial charge on any atom is -0.355 e. The van der Waals surface area contributed by atoms with Crippen LogP contribution in [0.25, 0.3) is 0 Å². The summed E-state index contributed by atoms with van der Waals surface area (Å²) in [5.41, 5.74) is 1.83. The Morgan fingerprint density at radius 2 is 1.96 bits per heavy atom. The summed E-state index contributed by atoms with van der Waals surface area (Å²) < 4.78 is 13.3. The molecule has 0 aliphatic heterocycles. The van der Waals surface area contributed by atoms with E-state index in [2.05, 4.69) is 10.6 Å². The van der Waals surface area contributed by atoms with Crippen molar-refractivity contribution in [2.24, 2.45) is 0 Å². The molecule has 6 heteroatoms. The van der Waals surface area contributed by atoms with E-state index in [1.807, 2.05) is 0 Å². The quantitative estimate of drug-likeness (QED) is 0.905. The summed E-state index contributed by atoms with van der Waals surface area (Å²) in [6, 6.07) is 5.51. The van der Waals surface area contributed by atoms with Gasteiger partial charge in [0, 0.05) is 17.5 Å². The third-order valence-corrected chi connectivity index (χ3v) is 5.15. The molecule has 23 heavy (non-hydrogen) atoms. The summed E-state index contributed by atoms with van der Waals surface area (Å²) in [5.74, 6) is -1.07. The number of nitrogens with one attached hydrogen (secondary N) is 2. The fourth-order valence-electron chi connectivity index (χ4n) is 2.82. The molecule has 1 aromatic heterocycles. The van der Waals surface area contributed by atoms with Gasteiger partial charge in [-0.05, 0) is 49.4 Å². The summed E-state index contributed by atoms with van der Waals surface area (Å²) in [5, 5.41) is 5.96. The van der Waals surface area contributed by atoms with Gasteiger partial charge in [-0.15, -0.1) is 11.3 Å². The molecule has 0 unspecified atom stereocenters. The summed E-state index contributed by atoms with van der Waals surface area (Å²) in [6.07, 6.45) is 3.92. The number of fused-ring (bicyclic) bond motifs is 1. The van der Waals surface area contributed by atoms with E-state index in [1.165, 1.54) is 29.5 Å². The third-order valence-electron chi connectivity index (χ3n) is 3.94. The van der Waals surface area contributed by atoms with E-state index in [0.717, 1.165) is 36.1 Å². The standard InChI is InChI=1S/C17H17FN2O2S/c1-19-16(22)14-12-7-2-3-8-13(12)23-17(14)20-15(21)10-5-4-6-11(18)9-10/h4-6,9H,2-3,7-8H2,1H3,(H,19,22)(H,20,21). The molecule has 0 saturated heterocycles. The van der Waals surface area contributed by atoms with Crippen LogP contribution in [0.3, 0.4) is 0 Å². The second-order valence-electron chi connectivity index (χ2n) is 5.46. The van der Waals surface area contributed by atoms with Crippen LogP contribution in [-0.2, 0) is 12.8 Å². The van der Waals surface area contributed by atoms with Gasteiger partial charge in [0.2, 0.25) is 0 Å². The Bertz CT molecular complexity index is 770. The lowest BCUT2D eigenvalue weighted by Crippen LogP contribution is -2.22. The highest BCUT2D eigenvalue weighted by atomic mass is 32.1. The van der Waals surface area contributed by atoms with Crippen LogP contribution in [0.15, 0.2) is 24.3 Å². The number of carbonyl (C=O) groups is 2. The number of anilines is 1. The first kappa shape index (κ1) is 15.7. The van der Waals surface area contributed by atoms with Crippen molar-refractivity contribution >= 4 is 28.2 Å². The van der Waals surface area contributed by atoms with Crippen molar-refractivity contribution in [3.8, 4) is 0 Å². The van der Waals surface area contributed by atoms with Crippen molar-refractivity contribution in [3.63, 3.8) is 0 Å². The Labute approximate surface area is 137 Å². The largest absolute Gasteiger partial charge is 0.355 e. The highest BCUT2D eigenvalue weighted by molar-refractivity contribution is 7.17. The molecule has 0 bridgehead atoms. The van der Waals surface area contributed by atoms with E-state index in [-0.39, 0.29) is 11.5 Å². The van der Waals surface area contributed by atoms with Crippen molar-refractivity contribution in [2.75, 3.05) is 12.4 Å². The normalized spacial score (nSPS) is 13.3. The van der Waals surface area contributed by atoms with Crippen LogP contribution in [0.5, 0.6) is 0 Å². The number of hydrogen-bond acceptors (Lipinski definition) is 3. The molecule has 0 radical (unpaired) electrons. The molecular formula is C17H17FN2O2S. The van der Waals surface area contributed by atoms with E-state index in [9.17, 15) is 14.0 Å². The Kier molecular flexibility index (Phi) is 4.43. The van der Waals surface area contributed by atoms with Crippen molar-refractivity contribution in [3.05, 3.63) is 51.7 Å². The van der Waals surface area contributed by atoms with Crippen LogP contribution in [0.2, 0.25) is 0 Å². The minimum atomic E-state index is -0.463. The van der Waals surface area contributed by atoms with Crippen molar-refractivity contribution < 1.29 is 14.0 Å². The zero-order valence-electron chi connectivity index (χ0n) is 12.7. The monoisotopic (exact) mass is 332 g/mol. The first-order chi connectivity index (χ1) is 11.1. The minimum absolute atomic E-state index is 0.195. The maximum Gasteiger partial charge on any atom is 0.256 e. The molecule has 0 saturated carbocycles. The number of halogens is 1. The van der Waals surface area contributed by atoms with Crippen molar-refractivity contribution in [1.29, 1.82) is 0 Å². The molecule has 1 aromatic carbocycles. The maximum absolute atomic E-state index is 13.3. The molecule has 3 rings (SSSR count). The van der Waals surface area contributed by atoms with Crippen LogP contribution in [-0.4, -0.2) is 18.9 Å². The van der Waals surface area contributed by atoms with Gasteiger partial charge >= 0.3 is 0 Å². The van der Waals surface area contributed by atoms with E-state index < -0.39 is 11.7 Å². The van der Waals surface area contributed by atoms with Gasteiger partial charge in [0.1, 0.15) is 10.8 Å². The molecule has 2 N–H and O–H groups in total. The maximum atomic E-state index is 13.3. The SMILES string of the molecule is CNC(=O)c1c(NC(=O)c2cccc(F)c2)sc2c1CCCC2. The van der Waals surface area contributed by atoms with Gasteiger partial charge in [0.05, 0.1) is 5.56 Å². The van der Waals surface area contributed by atoms with Crippen LogP contribution in [0.4, 0.5) is 9.39 Å². The molecular weight excluding hydrogens is 315 g/mol. The zero-order chi connectivity index (χ0) is 16.4. The van der Waals surface area contributed by atoms with E-state index in [4.69, 9.17) is 0 Å². The molecule has 4 nitrogen and oxygen atoms in total. The summed E-state index contributed by atoms with van der Waals surface area (Å²) in [4.78, 5) is 25.7. The van der Waals surface area contributed by atoms with Gasteiger partial charge in [-0.1, -0.05) is 6.07 Å². The molecule has 1 aliphatic rings. The number of carbonyl (C=O) groups excluding carboxylic acids is 2. The molecule has 0 atom stereocenters. The Morgan fingerprint density at radius 1 is 1.17 bits per heavy atom. The zero-order valence-corrected chi connectivity index (χ0v) is 13.6. The van der Waals surface area contributed by atoms with Crippen LogP contribution >= 0.6 is 11.3 Å². The summed E-state index contributed by atoms with van der Waals surface area (Å²) in [7, 11) is 1.58. The highest BCUT2D eigenvalue weighted by Crippen LogP contribution is 2.38. The highest BCUT2D eigenvalue weighted by Gasteiger charge is 2.26. The second kappa shape index (κ2) is 6.50. The second-order valence-corrected chi connectivity index (χ2v) is 6.56. The average Bonchev–Trinajstić information content (AvgIpc) is 2.92. The van der Waals surface area contributed by atoms with Crippen LogP contribution < -0.4 is 10.6 Å². The topological polar surface area (TPSA) is 58.2 Å². The van der Waals surface area contributed by atoms with Crippen LogP contribution in [0, 0.1) is 5.82 Å². The third kappa shape index (κ3) is 3.12.